The molecule has 6 nitrogen and oxygen atoms in total. The van der Waals surface area contributed by atoms with Crippen LogP contribution < -0.4 is 20.1 Å². The van der Waals surface area contributed by atoms with Gasteiger partial charge in [-0.3, -0.25) is 4.79 Å². The van der Waals surface area contributed by atoms with Crippen LogP contribution >= 0.6 is 28.3 Å². The molecule has 0 aliphatic heterocycles. The van der Waals surface area contributed by atoms with Gasteiger partial charge >= 0.3 is 0 Å². The lowest BCUT2D eigenvalue weighted by Gasteiger charge is -2.12. The van der Waals surface area contributed by atoms with Crippen molar-refractivity contribution in [3.63, 3.8) is 0 Å². The van der Waals surface area contributed by atoms with E-state index in [9.17, 15) is 4.79 Å². The number of amides is 1. The van der Waals surface area contributed by atoms with Crippen molar-refractivity contribution in [2.75, 3.05) is 41.0 Å². The zero-order valence-electron chi connectivity index (χ0n) is 12.9. The molecule has 0 aliphatic rings. The first kappa shape index (κ1) is 21.0. The second-order valence-corrected chi connectivity index (χ2v) is 5.11. The minimum absolute atomic E-state index is 0. The molecule has 1 aromatic carbocycles. The summed E-state index contributed by atoms with van der Waals surface area (Å²) in [4.78, 5) is 11.7. The van der Waals surface area contributed by atoms with Crippen LogP contribution in [-0.4, -0.2) is 46.9 Å². The van der Waals surface area contributed by atoms with Crippen molar-refractivity contribution in [2.45, 2.75) is 6.54 Å². The zero-order valence-corrected chi connectivity index (χ0v) is 15.3. The molecular formula is C14H22BrClN2O4. The van der Waals surface area contributed by atoms with E-state index in [0.29, 0.717) is 31.2 Å². The van der Waals surface area contributed by atoms with Gasteiger partial charge in [0.1, 0.15) is 0 Å². The average Bonchev–Trinajstić information content (AvgIpc) is 2.48. The third-order valence-electron chi connectivity index (χ3n) is 2.75. The second kappa shape index (κ2) is 11.5. The summed E-state index contributed by atoms with van der Waals surface area (Å²) in [5, 5.41) is 5.82. The van der Waals surface area contributed by atoms with Crippen molar-refractivity contribution in [1.29, 1.82) is 0 Å². The van der Waals surface area contributed by atoms with E-state index >= 15 is 0 Å². The molecule has 126 valence electrons. The molecule has 8 heteroatoms. The van der Waals surface area contributed by atoms with Gasteiger partial charge in [-0.2, -0.15) is 0 Å². The van der Waals surface area contributed by atoms with Gasteiger partial charge in [-0.25, -0.2) is 0 Å². The van der Waals surface area contributed by atoms with E-state index in [2.05, 4.69) is 26.6 Å². The quantitative estimate of drug-likeness (QED) is 0.621. The van der Waals surface area contributed by atoms with E-state index in [0.717, 1.165) is 10.0 Å². The SMILES string of the molecule is COCCNCC(=O)NCc1cc(Br)c(OC)c(OC)c1.Cl. The Balaban J connectivity index is 0.00000441. The van der Waals surface area contributed by atoms with Crippen molar-refractivity contribution in [1.82, 2.24) is 10.6 Å². The minimum Gasteiger partial charge on any atom is -0.493 e. The van der Waals surface area contributed by atoms with Gasteiger partial charge in [0.15, 0.2) is 11.5 Å². The zero-order chi connectivity index (χ0) is 15.7. The first-order chi connectivity index (χ1) is 10.1. The third kappa shape index (κ3) is 6.83. The first-order valence-electron chi connectivity index (χ1n) is 6.49. The molecule has 0 saturated heterocycles. The Kier molecular flexibility index (Phi) is 11.0. The monoisotopic (exact) mass is 396 g/mol. The molecule has 0 bridgehead atoms. The smallest absolute Gasteiger partial charge is 0.234 e. The van der Waals surface area contributed by atoms with Gasteiger partial charge in [0.2, 0.25) is 5.91 Å². The number of hydrogen-bond acceptors (Lipinski definition) is 5. The number of nitrogens with one attached hydrogen (secondary N) is 2. The Labute approximate surface area is 145 Å². The molecule has 0 atom stereocenters. The van der Waals surface area contributed by atoms with E-state index in [4.69, 9.17) is 14.2 Å². The lowest BCUT2D eigenvalue weighted by atomic mass is 10.2. The molecular weight excluding hydrogens is 376 g/mol. The van der Waals surface area contributed by atoms with Crippen molar-refractivity contribution in [3.05, 3.63) is 22.2 Å². The van der Waals surface area contributed by atoms with Crippen LogP contribution in [0.2, 0.25) is 0 Å². The molecule has 22 heavy (non-hydrogen) atoms. The summed E-state index contributed by atoms with van der Waals surface area (Å²) in [6.45, 7) is 1.91. The summed E-state index contributed by atoms with van der Waals surface area (Å²) in [6.07, 6.45) is 0. The van der Waals surface area contributed by atoms with Gasteiger partial charge in [0.25, 0.3) is 0 Å². The predicted octanol–water partition coefficient (Wildman–Crippen LogP) is 1.74. The Bertz CT molecular complexity index is 474. The molecule has 0 fully saturated rings. The Morgan fingerprint density at radius 1 is 1.23 bits per heavy atom. The summed E-state index contributed by atoms with van der Waals surface area (Å²) >= 11 is 3.42. The lowest BCUT2D eigenvalue weighted by Crippen LogP contribution is -2.34. The number of carbonyl (C=O) groups is 1. The normalized spacial score (nSPS) is 9.82. The number of ether oxygens (including phenoxy) is 3. The summed E-state index contributed by atoms with van der Waals surface area (Å²) in [5.74, 6) is 1.18. The highest BCUT2D eigenvalue weighted by atomic mass is 79.9. The number of methoxy groups -OCH3 is 3. The topological polar surface area (TPSA) is 68.8 Å². The fourth-order valence-corrected chi connectivity index (χ4v) is 2.36. The van der Waals surface area contributed by atoms with Crippen molar-refractivity contribution >= 4 is 34.2 Å². The van der Waals surface area contributed by atoms with Gasteiger partial charge < -0.3 is 24.8 Å². The maximum absolute atomic E-state index is 11.7. The van der Waals surface area contributed by atoms with Crippen LogP contribution in [0.15, 0.2) is 16.6 Å². The molecule has 0 aromatic heterocycles. The van der Waals surface area contributed by atoms with Crippen LogP contribution in [0, 0.1) is 0 Å². The van der Waals surface area contributed by atoms with Crippen molar-refractivity contribution in [3.8, 4) is 11.5 Å². The van der Waals surface area contributed by atoms with E-state index in [1.165, 1.54) is 0 Å². The van der Waals surface area contributed by atoms with Gasteiger partial charge in [0, 0.05) is 20.2 Å². The average molecular weight is 398 g/mol. The fourth-order valence-electron chi connectivity index (χ4n) is 1.71. The van der Waals surface area contributed by atoms with Crippen LogP contribution in [0.25, 0.3) is 0 Å². The summed E-state index contributed by atoms with van der Waals surface area (Å²) in [5.41, 5.74) is 0.921. The Hall–Kier alpha value is -1.02. The standard InChI is InChI=1S/C14H21BrN2O4.ClH/c1-19-5-4-16-9-13(18)17-8-10-6-11(15)14(21-3)12(7-10)20-2;/h6-7,16H,4-5,8-9H2,1-3H3,(H,17,18);1H. The highest BCUT2D eigenvalue weighted by molar-refractivity contribution is 9.10. The van der Waals surface area contributed by atoms with Gasteiger partial charge in [-0.05, 0) is 33.6 Å². The number of rotatable bonds is 9. The number of benzene rings is 1. The molecule has 0 heterocycles. The van der Waals surface area contributed by atoms with Crippen molar-refractivity contribution in [2.24, 2.45) is 0 Å². The highest BCUT2D eigenvalue weighted by Gasteiger charge is 2.11. The second-order valence-electron chi connectivity index (χ2n) is 4.26. The van der Waals surface area contributed by atoms with Crippen LogP contribution in [0.3, 0.4) is 0 Å². The molecule has 0 saturated carbocycles. The maximum atomic E-state index is 11.7. The number of halogens is 2. The van der Waals surface area contributed by atoms with Gasteiger partial charge in [0.05, 0.1) is 31.8 Å². The molecule has 0 unspecified atom stereocenters. The highest BCUT2D eigenvalue weighted by Crippen LogP contribution is 2.36. The van der Waals surface area contributed by atoms with Gasteiger partial charge in [-0.1, -0.05) is 0 Å². The van der Waals surface area contributed by atoms with Gasteiger partial charge in [-0.15, -0.1) is 12.4 Å². The van der Waals surface area contributed by atoms with E-state index in [-0.39, 0.29) is 24.9 Å². The maximum Gasteiger partial charge on any atom is 0.234 e. The van der Waals surface area contributed by atoms with E-state index in [1.807, 2.05) is 12.1 Å². The largest absolute Gasteiger partial charge is 0.493 e. The molecule has 1 rings (SSSR count). The number of hydrogen-bond donors (Lipinski definition) is 2. The van der Waals surface area contributed by atoms with E-state index < -0.39 is 0 Å². The molecule has 2 N–H and O–H groups in total. The van der Waals surface area contributed by atoms with Crippen LogP contribution in [0.5, 0.6) is 11.5 Å². The molecule has 1 amide bonds. The lowest BCUT2D eigenvalue weighted by molar-refractivity contribution is -0.120. The molecule has 1 aromatic rings. The minimum atomic E-state index is -0.0722. The summed E-state index contributed by atoms with van der Waals surface area (Å²) in [7, 11) is 4.78. The van der Waals surface area contributed by atoms with E-state index in [1.54, 1.807) is 21.3 Å². The van der Waals surface area contributed by atoms with Crippen molar-refractivity contribution < 1.29 is 19.0 Å². The fraction of sp³-hybridized carbons (Fsp3) is 0.500. The predicted molar refractivity (Wildman–Crippen MR) is 91.1 cm³/mol. The van der Waals surface area contributed by atoms with Crippen LogP contribution in [0.1, 0.15) is 5.56 Å². The third-order valence-corrected chi connectivity index (χ3v) is 3.34. The van der Waals surface area contributed by atoms with Crippen LogP contribution in [-0.2, 0) is 16.1 Å². The molecule has 0 radical (unpaired) electrons. The Morgan fingerprint density at radius 2 is 1.95 bits per heavy atom. The Morgan fingerprint density at radius 3 is 2.55 bits per heavy atom. The molecule has 0 aliphatic carbocycles. The summed E-state index contributed by atoms with van der Waals surface area (Å²) in [6, 6.07) is 3.72. The summed E-state index contributed by atoms with van der Waals surface area (Å²) < 4.78 is 16.2. The first-order valence-corrected chi connectivity index (χ1v) is 7.28. The number of carbonyl (C=O) groups excluding carboxylic acids is 1. The molecule has 0 spiro atoms. The van der Waals surface area contributed by atoms with Crippen LogP contribution in [0.4, 0.5) is 0 Å².